The summed E-state index contributed by atoms with van der Waals surface area (Å²) in [7, 11) is 1.29. The van der Waals surface area contributed by atoms with E-state index in [1.165, 1.54) is 25.6 Å². The Kier molecular flexibility index (Phi) is 5.02. The van der Waals surface area contributed by atoms with Crippen LogP contribution in [0.4, 0.5) is 31.8 Å². The van der Waals surface area contributed by atoms with Gasteiger partial charge in [0.2, 0.25) is 0 Å². The van der Waals surface area contributed by atoms with Gasteiger partial charge in [0, 0.05) is 12.1 Å². The summed E-state index contributed by atoms with van der Waals surface area (Å²) < 4.78 is 31.5. The van der Waals surface area contributed by atoms with Gasteiger partial charge in [-0.2, -0.15) is 0 Å². The maximum atomic E-state index is 13.8. The summed E-state index contributed by atoms with van der Waals surface area (Å²) in [6, 6.07) is 11.5. The Balaban J connectivity index is 1.83. The Morgan fingerprint density at radius 1 is 0.962 bits per heavy atom. The summed E-state index contributed by atoms with van der Waals surface area (Å²) >= 11 is 0. The molecule has 132 valence electrons. The van der Waals surface area contributed by atoms with Gasteiger partial charge in [-0.3, -0.25) is 0 Å². The number of hydrogen-bond acceptors (Lipinski definition) is 6. The number of hydrogen-bond donors (Lipinski definition) is 2. The van der Waals surface area contributed by atoms with E-state index in [4.69, 9.17) is 4.74 Å². The molecule has 0 spiro atoms. The largest absolute Gasteiger partial charge is 0.465 e. The van der Waals surface area contributed by atoms with Gasteiger partial charge in [-0.05, 0) is 24.3 Å². The van der Waals surface area contributed by atoms with E-state index in [2.05, 4.69) is 20.6 Å². The molecule has 2 aromatic carbocycles. The van der Waals surface area contributed by atoms with Crippen molar-refractivity contribution in [2.75, 3.05) is 17.7 Å². The van der Waals surface area contributed by atoms with Crippen LogP contribution in [0.1, 0.15) is 10.4 Å². The maximum absolute atomic E-state index is 13.8. The minimum Gasteiger partial charge on any atom is -0.465 e. The lowest BCUT2D eigenvalue weighted by atomic mass is 10.2. The monoisotopic (exact) mass is 356 g/mol. The van der Waals surface area contributed by atoms with Crippen LogP contribution in [0.2, 0.25) is 0 Å². The van der Waals surface area contributed by atoms with Crippen molar-refractivity contribution in [1.29, 1.82) is 0 Å². The topological polar surface area (TPSA) is 76.1 Å². The quantitative estimate of drug-likeness (QED) is 0.672. The van der Waals surface area contributed by atoms with E-state index in [0.717, 1.165) is 12.1 Å². The highest BCUT2D eigenvalue weighted by atomic mass is 19.1. The molecule has 8 heteroatoms. The van der Waals surface area contributed by atoms with Gasteiger partial charge in [0.05, 0.1) is 24.0 Å². The summed E-state index contributed by atoms with van der Waals surface area (Å²) in [5.74, 6) is -1.23. The molecule has 0 unspecified atom stereocenters. The second-order valence-electron chi connectivity index (χ2n) is 5.20. The van der Waals surface area contributed by atoms with E-state index in [0.29, 0.717) is 22.9 Å². The molecule has 3 rings (SSSR count). The molecule has 1 aromatic heterocycles. The van der Waals surface area contributed by atoms with Gasteiger partial charge in [0.1, 0.15) is 29.6 Å². The highest BCUT2D eigenvalue weighted by Crippen LogP contribution is 2.23. The molecule has 1 heterocycles. The minimum atomic E-state index is -0.742. The molecule has 0 aliphatic heterocycles. The van der Waals surface area contributed by atoms with Gasteiger partial charge in [0.15, 0.2) is 0 Å². The summed E-state index contributed by atoms with van der Waals surface area (Å²) in [6.07, 6.45) is 1.27. The summed E-state index contributed by atoms with van der Waals surface area (Å²) in [6.45, 7) is 0. The third-order valence-corrected chi connectivity index (χ3v) is 3.46. The molecule has 0 fully saturated rings. The van der Waals surface area contributed by atoms with Crippen molar-refractivity contribution in [3.63, 3.8) is 0 Å². The number of aromatic nitrogens is 2. The van der Waals surface area contributed by atoms with E-state index in [9.17, 15) is 13.6 Å². The highest BCUT2D eigenvalue weighted by molar-refractivity contribution is 5.96. The molecule has 0 aliphatic carbocycles. The number of nitrogens with one attached hydrogen (secondary N) is 2. The third-order valence-electron chi connectivity index (χ3n) is 3.46. The molecule has 0 bridgehead atoms. The van der Waals surface area contributed by atoms with Gasteiger partial charge in [0.25, 0.3) is 0 Å². The fraction of sp³-hybridized carbons (Fsp3) is 0.0556. The standard InChI is InChI=1S/C18H14F2N4O2/c1-26-18(25)12-4-2-3-5-14(12)23-16-9-17(22-10-21-16)24-15-7-6-11(19)8-13(15)20/h2-10H,1H3,(H2,21,22,23,24). The Morgan fingerprint density at radius 3 is 2.35 bits per heavy atom. The Labute approximate surface area is 147 Å². The van der Waals surface area contributed by atoms with Gasteiger partial charge in [-0.15, -0.1) is 0 Å². The number of nitrogens with zero attached hydrogens (tertiary/aromatic N) is 2. The number of halogens is 2. The smallest absolute Gasteiger partial charge is 0.339 e. The molecule has 0 radical (unpaired) electrons. The van der Waals surface area contributed by atoms with Crippen LogP contribution in [0.15, 0.2) is 54.9 Å². The third kappa shape index (κ3) is 3.92. The Morgan fingerprint density at radius 2 is 1.65 bits per heavy atom. The predicted molar refractivity (Wildman–Crippen MR) is 92.7 cm³/mol. The zero-order valence-corrected chi connectivity index (χ0v) is 13.7. The van der Waals surface area contributed by atoms with Crippen molar-refractivity contribution in [3.05, 3.63) is 72.1 Å². The lowest BCUT2D eigenvalue weighted by Crippen LogP contribution is -2.06. The summed E-state index contributed by atoms with van der Waals surface area (Å²) in [5, 5.41) is 5.74. The normalized spacial score (nSPS) is 10.3. The molecule has 0 saturated carbocycles. The first-order valence-corrected chi connectivity index (χ1v) is 7.55. The number of esters is 1. The fourth-order valence-corrected chi connectivity index (χ4v) is 2.24. The molecular weight excluding hydrogens is 342 g/mol. The van der Waals surface area contributed by atoms with E-state index in [1.807, 2.05) is 0 Å². The molecule has 0 saturated heterocycles. The number of rotatable bonds is 5. The Bertz CT molecular complexity index is 950. The van der Waals surface area contributed by atoms with Crippen molar-refractivity contribution in [2.24, 2.45) is 0 Å². The first-order chi connectivity index (χ1) is 12.6. The number of ether oxygens (including phenoxy) is 1. The van der Waals surface area contributed by atoms with Crippen LogP contribution in [0, 0.1) is 11.6 Å². The summed E-state index contributed by atoms with van der Waals surface area (Å²) in [4.78, 5) is 19.9. The van der Waals surface area contributed by atoms with Crippen LogP contribution in [-0.2, 0) is 4.74 Å². The number of carbonyl (C=O) groups excluding carboxylic acids is 1. The van der Waals surface area contributed by atoms with Crippen molar-refractivity contribution >= 4 is 29.0 Å². The first kappa shape index (κ1) is 17.3. The van der Waals surface area contributed by atoms with Crippen molar-refractivity contribution in [2.45, 2.75) is 0 Å². The van der Waals surface area contributed by atoms with E-state index in [1.54, 1.807) is 24.3 Å². The summed E-state index contributed by atoms with van der Waals surface area (Å²) in [5.41, 5.74) is 0.913. The molecule has 2 N–H and O–H groups in total. The van der Waals surface area contributed by atoms with Crippen molar-refractivity contribution < 1.29 is 18.3 Å². The van der Waals surface area contributed by atoms with Gasteiger partial charge < -0.3 is 15.4 Å². The van der Waals surface area contributed by atoms with Crippen LogP contribution >= 0.6 is 0 Å². The second kappa shape index (κ2) is 7.56. The highest BCUT2D eigenvalue weighted by Gasteiger charge is 2.12. The number of para-hydroxylation sites is 1. The molecular formula is C18H14F2N4O2. The Hall–Kier alpha value is -3.55. The molecule has 3 aromatic rings. The molecule has 6 nitrogen and oxygen atoms in total. The van der Waals surface area contributed by atoms with Gasteiger partial charge in [-0.1, -0.05) is 12.1 Å². The molecule has 0 atom stereocenters. The SMILES string of the molecule is COC(=O)c1ccccc1Nc1cc(Nc2ccc(F)cc2F)ncn1. The lowest BCUT2D eigenvalue weighted by molar-refractivity contribution is 0.0602. The van der Waals surface area contributed by atoms with Crippen molar-refractivity contribution in [3.8, 4) is 0 Å². The minimum absolute atomic E-state index is 0.0750. The average molecular weight is 356 g/mol. The van der Waals surface area contributed by atoms with E-state index in [-0.39, 0.29) is 5.69 Å². The zero-order valence-electron chi connectivity index (χ0n) is 13.7. The predicted octanol–water partition coefficient (Wildman–Crippen LogP) is 4.03. The van der Waals surface area contributed by atoms with Crippen LogP contribution in [0.3, 0.4) is 0 Å². The van der Waals surface area contributed by atoms with Crippen LogP contribution in [-0.4, -0.2) is 23.0 Å². The van der Waals surface area contributed by atoms with Crippen LogP contribution < -0.4 is 10.6 Å². The van der Waals surface area contributed by atoms with Gasteiger partial charge in [-0.25, -0.2) is 23.5 Å². The fourth-order valence-electron chi connectivity index (χ4n) is 2.24. The van der Waals surface area contributed by atoms with Gasteiger partial charge >= 0.3 is 5.97 Å². The second-order valence-corrected chi connectivity index (χ2v) is 5.20. The van der Waals surface area contributed by atoms with E-state index < -0.39 is 17.6 Å². The first-order valence-electron chi connectivity index (χ1n) is 7.55. The van der Waals surface area contributed by atoms with Crippen molar-refractivity contribution in [1.82, 2.24) is 9.97 Å². The average Bonchev–Trinajstić information content (AvgIpc) is 2.64. The molecule has 26 heavy (non-hydrogen) atoms. The molecule has 0 amide bonds. The number of carbonyl (C=O) groups is 1. The van der Waals surface area contributed by atoms with Crippen LogP contribution in [0.25, 0.3) is 0 Å². The van der Waals surface area contributed by atoms with E-state index >= 15 is 0 Å². The number of methoxy groups -OCH3 is 1. The molecule has 0 aliphatic rings. The zero-order chi connectivity index (χ0) is 18.5. The lowest BCUT2D eigenvalue weighted by Gasteiger charge is -2.11. The number of benzene rings is 2. The van der Waals surface area contributed by atoms with Crippen LogP contribution in [0.5, 0.6) is 0 Å². The maximum Gasteiger partial charge on any atom is 0.339 e. The number of anilines is 4.